The second-order valence-corrected chi connectivity index (χ2v) is 6.02. The fourth-order valence-electron chi connectivity index (χ4n) is 2.41. The number of halogens is 1. The summed E-state index contributed by atoms with van der Waals surface area (Å²) in [4.78, 5) is 18.6. The van der Waals surface area contributed by atoms with E-state index in [1.54, 1.807) is 0 Å². The van der Waals surface area contributed by atoms with Gasteiger partial charge in [-0.1, -0.05) is 25.1 Å². The van der Waals surface area contributed by atoms with Crippen LogP contribution in [0.4, 0.5) is 5.69 Å². The van der Waals surface area contributed by atoms with Gasteiger partial charge in [0.25, 0.3) is 0 Å². The summed E-state index contributed by atoms with van der Waals surface area (Å²) < 4.78 is 0. The van der Waals surface area contributed by atoms with Crippen LogP contribution in [0.2, 0.25) is 0 Å². The number of guanidine groups is 1. The maximum atomic E-state index is 11.7. The third-order valence-electron chi connectivity index (χ3n) is 3.70. The van der Waals surface area contributed by atoms with E-state index in [0.717, 1.165) is 49.6 Å². The number of hydrogen-bond acceptors (Lipinski definition) is 2. The fourth-order valence-corrected chi connectivity index (χ4v) is 2.41. The summed E-state index contributed by atoms with van der Waals surface area (Å²) in [6.45, 7) is 10.2. The Hall–Kier alpha value is -1.57. The van der Waals surface area contributed by atoms with Crippen molar-refractivity contribution in [2.45, 2.75) is 46.1 Å². The molecule has 0 heterocycles. The minimum atomic E-state index is 0. The van der Waals surface area contributed by atoms with Crippen LogP contribution in [0.1, 0.15) is 45.1 Å². The normalized spacial score (nSPS) is 10.7. The quantitative estimate of drug-likeness (QED) is 0.175. The van der Waals surface area contributed by atoms with Gasteiger partial charge in [-0.15, -0.1) is 30.6 Å². The SMILES string of the molecule is C=CCCCN(C)C(=NCc1cccc(NC(=O)CCC)c1)NCC.I. The Bertz CT molecular complexity index is 575. The first-order valence-electron chi connectivity index (χ1n) is 9.09. The third kappa shape index (κ3) is 9.79. The predicted molar refractivity (Wildman–Crippen MR) is 122 cm³/mol. The molecule has 1 amide bonds. The summed E-state index contributed by atoms with van der Waals surface area (Å²) in [7, 11) is 2.05. The Morgan fingerprint density at radius 2 is 2.12 bits per heavy atom. The average Bonchev–Trinajstić information content (AvgIpc) is 2.59. The lowest BCUT2D eigenvalue weighted by molar-refractivity contribution is -0.116. The second-order valence-electron chi connectivity index (χ2n) is 6.02. The number of amides is 1. The summed E-state index contributed by atoms with van der Waals surface area (Å²) in [5.74, 6) is 0.949. The lowest BCUT2D eigenvalue weighted by Gasteiger charge is -2.21. The van der Waals surface area contributed by atoms with Gasteiger partial charge in [0.15, 0.2) is 5.96 Å². The van der Waals surface area contributed by atoms with Gasteiger partial charge in [-0.25, -0.2) is 4.99 Å². The van der Waals surface area contributed by atoms with Crippen molar-refractivity contribution in [3.63, 3.8) is 0 Å². The molecule has 0 aliphatic heterocycles. The molecule has 0 radical (unpaired) electrons. The molecule has 1 aromatic rings. The van der Waals surface area contributed by atoms with Crippen LogP contribution in [0.15, 0.2) is 41.9 Å². The van der Waals surface area contributed by atoms with Gasteiger partial charge < -0.3 is 15.5 Å². The van der Waals surface area contributed by atoms with Gasteiger partial charge in [0.1, 0.15) is 0 Å². The molecule has 1 rings (SSSR count). The van der Waals surface area contributed by atoms with Crippen molar-refractivity contribution in [2.24, 2.45) is 4.99 Å². The summed E-state index contributed by atoms with van der Waals surface area (Å²) >= 11 is 0. The van der Waals surface area contributed by atoms with Crippen LogP contribution < -0.4 is 10.6 Å². The number of aliphatic imine (C=N–C) groups is 1. The molecule has 0 aliphatic carbocycles. The van der Waals surface area contributed by atoms with Crippen molar-refractivity contribution >= 4 is 41.5 Å². The zero-order chi connectivity index (χ0) is 18.5. The highest BCUT2D eigenvalue weighted by atomic mass is 127. The number of benzene rings is 1. The maximum Gasteiger partial charge on any atom is 0.224 e. The van der Waals surface area contributed by atoms with Crippen molar-refractivity contribution in [1.82, 2.24) is 10.2 Å². The third-order valence-corrected chi connectivity index (χ3v) is 3.70. The Balaban J connectivity index is 0.00000625. The molecule has 146 valence electrons. The minimum Gasteiger partial charge on any atom is -0.357 e. The van der Waals surface area contributed by atoms with Gasteiger partial charge >= 0.3 is 0 Å². The van der Waals surface area contributed by atoms with Crippen molar-refractivity contribution in [1.29, 1.82) is 0 Å². The van der Waals surface area contributed by atoms with E-state index in [4.69, 9.17) is 4.99 Å². The molecule has 0 atom stereocenters. The van der Waals surface area contributed by atoms with Crippen molar-refractivity contribution in [2.75, 3.05) is 25.5 Å². The molecule has 1 aromatic carbocycles. The molecule has 26 heavy (non-hydrogen) atoms. The van der Waals surface area contributed by atoms with Crippen LogP contribution in [0, 0.1) is 0 Å². The first-order chi connectivity index (χ1) is 12.1. The Labute approximate surface area is 175 Å². The summed E-state index contributed by atoms with van der Waals surface area (Å²) in [6.07, 6.45) is 5.39. The number of carbonyl (C=O) groups excluding carboxylic acids is 1. The highest BCUT2D eigenvalue weighted by Crippen LogP contribution is 2.12. The molecule has 5 nitrogen and oxygen atoms in total. The first-order valence-corrected chi connectivity index (χ1v) is 9.09. The van der Waals surface area contributed by atoms with Crippen LogP contribution in [0.25, 0.3) is 0 Å². The number of nitrogens with one attached hydrogen (secondary N) is 2. The van der Waals surface area contributed by atoms with E-state index in [9.17, 15) is 4.79 Å². The topological polar surface area (TPSA) is 56.7 Å². The average molecular weight is 472 g/mol. The highest BCUT2D eigenvalue weighted by molar-refractivity contribution is 14.0. The van der Waals surface area contributed by atoms with E-state index >= 15 is 0 Å². The van der Waals surface area contributed by atoms with Crippen molar-refractivity contribution in [3.8, 4) is 0 Å². The zero-order valence-electron chi connectivity index (χ0n) is 16.3. The lowest BCUT2D eigenvalue weighted by atomic mass is 10.2. The standard InChI is InChI=1S/C20H32N4O.HI/c1-5-8-9-14-24(4)20(21-7-3)22-16-17-12-10-13-18(15-17)23-19(25)11-6-2;/h5,10,12-13,15H,1,6-9,11,14,16H2,2-4H3,(H,21,22)(H,23,25);1H. The molecule has 0 aliphatic rings. The van der Waals surface area contributed by atoms with E-state index in [1.165, 1.54) is 0 Å². The monoisotopic (exact) mass is 472 g/mol. The molecular formula is C20H33IN4O. The summed E-state index contributed by atoms with van der Waals surface area (Å²) in [5, 5.41) is 6.25. The van der Waals surface area contributed by atoms with Crippen LogP contribution in [0.5, 0.6) is 0 Å². The van der Waals surface area contributed by atoms with Gasteiger partial charge in [0.05, 0.1) is 6.54 Å². The molecule has 0 saturated carbocycles. The molecular weight excluding hydrogens is 439 g/mol. The predicted octanol–water partition coefficient (Wildman–Crippen LogP) is 4.41. The van der Waals surface area contributed by atoms with E-state index in [0.29, 0.717) is 13.0 Å². The molecule has 0 unspecified atom stereocenters. The molecule has 0 fully saturated rings. The summed E-state index contributed by atoms with van der Waals surface area (Å²) in [5.41, 5.74) is 1.90. The number of nitrogens with zero attached hydrogens (tertiary/aromatic N) is 2. The Morgan fingerprint density at radius 3 is 2.77 bits per heavy atom. The van der Waals surface area contributed by atoms with Gasteiger partial charge in [0, 0.05) is 32.2 Å². The van der Waals surface area contributed by atoms with E-state index < -0.39 is 0 Å². The van der Waals surface area contributed by atoms with E-state index in [2.05, 4.69) is 29.0 Å². The van der Waals surface area contributed by atoms with Gasteiger partial charge in [0.2, 0.25) is 5.91 Å². The minimum absolute atomic E-state index is 0. The molecule has 0 spiro atoms. The number of hydrogen-bond donors (Lipinski definition) is 2. The number of allylic oxidation sites excluding steroid dienone is 1. The smallest absolute Gasteiger partial charge is 0.224 e. The second kappa shape index (κ2) is 14.6. The molecule has 0 saturated heterocycles. The van der Waals surface area contributed by atoms with Gasteiger partial charge in [-0.3, -0.25) is 4.79 Å². The van der Waals surface area contributed by atoms with E-state index in [1.807, 2.05) is 44.3 Å². The first kappa shape index (κ1) is 24.4. The zero-order valence-corrected chi connectivity index (χ0v) is 18.6. The van der Waals surface area contributed by atoms with Crippen LogP contribution in [-0.2, 0) is 11.3 Å². The van der Waals surface area contributed by atoms with Gasteiger partial charge in [-0.05, 0) is 43.9 Å². The Morgan fingerprint density at radius 1 is 1.35 bits per heavy atom. The largest absolute Gasteiger partial charge is 0.357 e. The van der Waals surface area contributed by atoms with E-state index in [-0.39, 0.29) is 29.9 Å². The molecule has 0 bridgehead atoms. The lowest BCUT2D eigenvalue weighted by Crippen LogP contribution is -2.39. The van der Waals surface area contributed by atoms with Crippen LogP contribution in [0.3, 0.4) is 0 Å². The van der Waals surface area contributed by atoms with Crippen molar-refractivity contribution in [3.05, 3.63) is 42.5 Å². The fraction of sp³-hybridized carbons (Fsp3) is 0.500. The van der Waals surface area contributed by atoms with Crippen molar-refractivity contribution < 1.29 is 4.79 Å². The molecule has 2 N–H and O–H groups in total. The Kier molecular flexibility index (Phi) is 13.7. The molecule has 0 aromatic heterocycles. The van der Waals surface area contributed by atoms with Crippen LogP contribution in [-0.4, -0.2) is 36.9 Å². The number of rotatable bonds is 10. The number of anilines is 1. The van der Waals surface area contributed by atoms with Gasteiger partial charge in [-0.2, -0.15) is 0 Å². The number of carbonyl (C=O) groups is 1. The highest BCUT2D eigenvalue weighted by Gasteiger charge is 2.05. The van der Waals surface area contributed by atoms with Crippen LogP contribution >= 0.6 is 24.0 Å². The molecule has 6 heteroatoms. The maximum absolute atomic E-state index is 11.7. The number of unbranched alkanes of at least 4 members (excludes halogenated alkanes) is 1. The summed E-state index contributed by atoms with van der Waals surface area (Å²) in [6, 6.07) is 7.87.